The van der Waals surface area contributed by atoms with Crippen LogP contribution in [0.25, 0.3) is 0 Å². The van der Waals surface area contributed by atoms with Crippen LogP contribution >= 0.6 is 11.8 Å². The van der Waals surface area contributed by atoms with E-state index in [0.717, 1.165) is 63.6 Å². The Bertz CT molecular complexity index is 909. The third-order valence-corrected chi connectivity index (χ3v) is 10.7. The van der Waals surface area contributed by atoms with Crippen molar-refractivity contribution in [3.8, 4) is 0 Å². The van der Waals surface area contributed by atoms with Crippen LogP contribution < -0.4 is 65.6 Å². The van der Waals surface area contributed by atoms with Crippen LogP contribution in [0, 0.1) is 17.3 Å². The van der Waals surface area contributed by atoms with E-state index in [2.05, 4.69) is 70.0 Å². The number of piperidine rings is 2. The van der Waals surface area contributed by atoms with Gasteiger partial charge in [-0.05, 0) is 30.2 Å². The maximum absolute atomic E-state index is 14.4. The van der Waals surface area contributed by atoms with Crippen LogP contribution in [0.2, 0.25) is 0 Å². The van der Waals surface area contributed by atoms with Crippen LogP contribution in [0.5, 0.6) is 0 Å². The summed E-state index contributed by atoms with van der Waals surface area (Å²) in [5.74, 6) is 1.51. The summed E-state index contributed by atoms with van der Waals surface area (Å²) in [5.41, 5.74) is 1.36. The minimum atomic E-state index is -0.0706. The van der Waals surface area contributed by atoms with E-state index in [0.29, 0.717) is 35.1 Å². The summed E-state index contributed by atoms with van der Waals surface area (Å²) in [5, 5.41) is 12.3. The molecule has 1 spiro atoms. The molecule has 0 saturated carbocycles. The van der Waals surface area contributed by atoms with Crippen molar-refractivity contribution in [3.05, 3.63) is 35.9 Å². The molecule has 1 aromatic rings. The monoisotopic (exact) mass is 623 g/mol. The highest BCUT2D eigenvalue weighted by Gasteiger charge is 2.59. The van der Waals surface area contributed by atoms with Gasteiger partial charge in [0.05, 0.1) is 12.0 Å². The van der Waals surface area contributed by atoms with E-state index in [1.54, 1.807) is 0 Å². The Morgan fingerprint density at radius 3 is 2.37 bits per heavy atom. The SMILES string of the molecule is CCC(CC)[C@@H]1C[C@H](c2ccccc2)CCN1C(=O)[C@@H]1CNC[C@]12CNCC1NC(=NC)SC12.[Cl-].[Cl-].[Cl-].[Cl-]. The zero-order valence-electron chi connectivity index (χ0n) is 22.4. The number of nitrogens with one attached hydrogen (secondary N) is 3. The first-order valence-corrected chi connectivity index (χ1v) is 14.2. The average Bonchev–Trinajstić information content (AvgIpc) is 3.50. The number of fused-ring (bicyclic) bond motifs is 2. The molecule has 11 heteroatoms. The summed E-state index contributed by atoms with van der Waals surface area (Å²) in [7, 11) is 1.86. The Labute approximate surface area is 257 Å². The predicted molar refractivity (Wildman–Crippen MR) is 141 cm³/mol. The third-order valence-electron chi connectivity index (χ3n) is 9.09. The van der Waals surface area contributed by atoms with Crippen molar-refractivity contribution < 1.29 is 54.4 Å². The Kier molecular flexibility index (Phi) is 14.6. The second kappa shape index (κ2) is 15.6. The van der Waals surface area contributed by atoms with Crippen molar-refractivity contribution in [2.45, 2.75) is 62.8 Å². The Morgan fingerprint density at radius 2 is 1.74 bits per heavy atom. The molecule has 4 aliphatic heterocycles. The second-order valence-corrected chi connectivity index (χ2v) is 11.8. The highest BCUT2D eigenvalue weighted by molar-refractivity contribution is 8.14. The third kappa shape index (κ3) is 6.56. The molecular formula is C27H41Cl4N5OS-4. The van der Waals surface area contributed by atoms with Crippen molar-refractivity contribution in [3.63, 3.8) is 0 Å². The largest absolute Gasteiger partial charge is 1.00 e. The summed E-state index contributed by atoms with van der Waals surface area (Å²) in [6.07, 6.45) is 4.40. The smallest absolute Gasteiger partial charge is 0.227 e. The van der Waals surface area contributed by atoms with E-state index in [1.807, 2.05) is 18.8 Å². The van der Waals surface area contributed by atoms with Crippen LogP contribution in [-0.2, 0) is 4.79 Å². The first-order valence-electron chi connectivity index (χ1n) is 13.3. The number of hydrogen-bond acceptors (Lipinski definition) is 5. The number of halogens is 4. The molecule has 6 atom stereocenters. The number of amides is 1. The molecule has 1 amide bonds. The number of likely N-dealkylation sites (tertiary alicyclic amines) is 1. The number of hydrogen-bond donors (Lipinski definition) is 3. The summed E-state index contributed by atoms with van der Waals surface area (Å²) in [6.45, 7) is 9.00. The maximum Gasteiger partial charge on any atom is 0.227 e. The number of carbonyl (C=O) groups excluding carboxylic acids is 1. The molecule has 218 valence electrons. The van der Waals surface area contributed by atoms with Crippen LogP contribution in [0.15, 0.2) is 35.3 Å². The molecule has 5 rings (SSSR count). The normalized spacial score (nSPS) is 32.9. The number of benzene rings is 1. The van der Waals surface area contributed by atoms with Crippen molar-refractivity contribution in [2.75, 3.05) is 39.8 Å². The number of rotatable bonds is 5. The quantitative estimate of drug-likeness (QED) is 0.304. The van der Waals surface area contributed by atoms with Gasteiger partial charge in [-0.3, -0.25) is 9.79 Å². The fourth-order valence-electron chi connectivity index (χ4n) is 7.20. The molecule has 4 aliphatic rings. The lowest BCUT2D eigenvalue weighted by Crippen LogP contribution is -3.00. The molecule has 0 bridgehead atoms. The zero-order valence-corrected chi connectivity index (χ0v) is 26.3. The van der Waals surface area contributed by atoms with Gasteiger partial charge < -0.3 is 70.5 Å². The Hall–Kier alpha value is -0.410. The van der Waals surface area contributed by atoms with E-state index >= 15 is 0 Å². The molecule has 6 nitrogen and oxygen atoms in total. The Morgan fingerprint density at radius 1 is 1.08 bits per heavy atom. The van der Waals surface area contributed by atoms with Crippen LogP contribution in [0.4, 0.5) is 0 Å². The number of amidine groups is 1. The first-order chi connectivity index (χ1) is 16.6. The fourth-order valence-corrected chi connectivity index (χ4v) is 8.66. The summed E-state index contributed by atoms with van der Waals surface area (Å²) in [6, 6.07) is 11.6. The van der Waals surface area contributed by atoms with Gasteiger partial charge in [0.2, 0.25) is 5.91 Å². The lowest BCUT2D eigenvalue weighted by atomic mass is 9.69. The van der Waals surface area contributed by atoms with E-state index in [4.69, 9.17) is 0 Å². The summed E-state index contributed by atoms with van der Waals surface area (Å²) < 4.78 is 0. The highest BCUT2D eigenvalue weighted by atomic mass is 35.5. The second-order valence-electron chi connectivity index (χ2n) is 10.7. The standard InChI is InChI=1S/C27H41N5OS.4ClH/c1-4-18(5-2)23-13-20(19-9-7-6-8-10-19)11-12-32(23)25(33)21-14-29-16-27(21)17-30-15-22-24(27)34-26(28-3)31-22;;;;/h6-10,18,20-24,29-30H,4-5,11-17H2,1-3H3,(H,28,31);4*1H/p-4/t20-,21+,22?,23+,24?,27+;;;;/m1..../s1. The minimum Gasteiger partial charge on any atom is -1.00 e. The van der Waals surface area contributed by atoms with Crippen molar-refractivity contribution in [1.29, 1.82) is 0 Å². The predicted octanol–water partition coefficient (Wildman–Crippen LogP) is -8.92. The molecular weight excluding hydrogens is 584 g/mol. The van der Waals surface area contributed by atoms with Crippen LogP contribution in [-0.4, -0.2) is 73.1 Å². The lowest BCUT2D eigenvalue weighted by molar-refractivity contribution is -0.144. The zero-order chi connectivity index (χ0) is 23.7. The molecule has 0 radical (unpaired) electrons. The number of carbonyl (C=O) groups is 1. The highest BCUT2D eigenvalue weighted by Crippen LogP contribution is 2.48. The van der Waals surface area contributed by atoms with Crippen LogP contribution in [0.1, 0.15) is 51.0 Å². The molecule has 4 saturated heterocycles. The van der Waals surface area contributed by atoms with Crippen molar-refractivity contribution in [2.24, 2.45) is 22.2 Å². The fraction of sp³-hybridized carbons (Fsp3) is 0.704. The molecule has 0 aliphatic carbocycles. The molecule has 4 fully saturated rings. The van der Waals surface area contributed by atoms with Gasteiger partial charge in [-0.25, -0.2) is 0 Å². The van der Waals surface area contributed by atoms with E-state index in [9.17, 15) is 4.79 Å². The molecule has 1 aromatic carbocycles. The van der Waals surface area contributed by atoms with Crippen molar-refractivity contribution in [1.82, 2.24) is 20.9 Å². The van der Waals surface area contributed by atoms with Gasteiger partial charge in [0.15, 0.2) is 5.17 Å². The number of aliphatic imine (C=N–C) groups is 1. The number of thioether (sulfide) groups is 1. The summed E-state index contributed by atoms with van der Waals surface area (Å²) >= 11 is 1.86. The molecule has 0 aromatic heterocycles. The molecule has 2 unspecified atom stereocenters. The van der Waals surface area contributed by atoms with E-state index < -0.39 is 0 Å². The number of nitrogens with zero attached hydrogens (tertiary/aromatic N) is 2. The molecule has 4 heterocycles. The van der Waals surface area contributed by atoms with Gasteiger partial charge >= 0.3 is 0 Å². The summed E-state index contributed by atoms with van der Waals surface area (Å²) in [4.78, 5) is 21.2. The van der Waals surface area contributed by atoms with Gasteiger partial charge in [-0.15, -0.1) is 0 Å². The molecule has 38 heavy (non-hydrogen) atoms. The van der Waals surface area contributed by atoms with Crippen LogP contribution in [0.3, 0.4) is 0 Å². The first kappa shape index (κ1) is 35.6. The van der Waals surface area contributed by atoms with E-state index in [1.165, 1.54) is 5.56 Å². The van der Waals surface area contributed by atoms with Gasteiger partial charge in [0, 0.05) is 56.5 Å². The average molecular weight is 626 g/mol. The van der Waals surface area contributed by atoms with Gasteiger partial charge in [-0.2, -0.15) is 0 Å². The topological polar surface area (TPSA) is 68.8 Å². The minimum absolute atomic E-state index is 0. The lowest BCUT2D eigenvalue weighted by Gasteiger charge is -2.49. The maximum atomic E-state index is 14.4. The Balaban J connectivity index is 0.00000180. The van der Waals surface area contributed by atoms with Crippen molar-refractivity contribution >= 4 is 22.8 Å². The van der Waals surface area contributed by atoms with E-state index in [-0.39, 0.29) is 61.0 Å². The molecule has 3 N–H and O–H groups in total. The van der Waals surface area contributed by atoms with Gasteiger partial charge in [-0.1, -0.05) is 68.8 Å². The van der Waals surface area contributed by atoms with Gasteiger partial charge in [0.25, 0.3) is 0 Å². The van der Waals surface area contributed by atoms with Gasteiger partial charge in [0.1, 0.15) is 0 Å².